The molecule has 1 aromatic carbocycles. The van der Waals surface area contributed by atoms with Gasteiger partial charge in [0.15, 0.2) is 0 Å². The van der Waals surface area contributed by atoms with Crippen molar-refractivity contribution in [2.24, 2.45) is 5.92 Å². The number of para-hydroxylation sites is 2. The second-order valence-electron chi connectivity index (χ2n) is 6.98. The van der Waals surface area contributed by atoms with E-state index < -0.39 is 0 Å². The van der Waals surface area contributed by atoms with Crippen LogP contribution in [0.5, 0.6) is 0 Å². The van der Waals surface area contributed by atoms with E-state index in [0.717, 1.165) is 35.9 Å². The fourth-order valence-corrected chi connectivity index (χ4v) is 3.61. The number of aliphatic hydroxyl groups excluding tert-OH is 1. The molecule has 26 heavy (non-hydrogen) atoms. The molecule has 0 radical (unpaired) electrons. The summed E-state index contributed by atoms with van der Waals surface area (Å²) < 4.78 is 1.86. The van der Waals surface area contributed by atoms with Gasteiger partial charge in [-0.05, 0) is 55.0 Å². The van der Waals surface area contributed by atoms with Crippen LogP contribution in [0.4, 0.5) is 0 Å². The zero-order chi connectivity index (χ0) is 17.9. The summed E-state index contributed by atoms with van der Waals surface area (Å²) in [5, 5.41) is 12.8. The number of benzene rings is 1. The summed E-state index contributed by atoms with van der Waals surface area (Å²) >= 11 is 0. The van der Waals surface area contributed by atoms with E-state index in [4.69, 9.17) is 0 Å². The molecule has 1 aliphatic carbocycles. The molecule has 1 atom stereocenters. The van der Waals surface area contributed by atoms with Crippen LogP contribution in [-0.4, -0.2) is 37.7 Å². The zero-order valence-corrected chi connectivity index (χ0v) is 14.5. The van der Waals surface area contributed by atoms with Crippen LogP contribution >= 0.6 is 0 Å². The molecule has 1 fully saturated rings. The highest BCUT2D eigenvalue weighted by molar-refractivity contribution is 5.80. The van der Waals surface area contributed by atoms with Gasteiger partial charge in [-0.15, -0.1) is 0 Å². The molecule has 0 aliphatic heterocycles. The first-order chi connectivity index (χ1) is 12.7. The molecule has 4 rings (SSSR count). The first-order valence-corrected chi connectivity index (χ1v) is 8.95. The lowest BCUT2D eigenvalue weighted by molar-refractivity contribution is -0.123. The van der Waals surface area contributed by atoms with Crippen molar-refractivity contribution in [3.05, 3.63) is 60.7 Å². The molecule has 1 aliphatic rings. The summed E-state index contributed by atoms with van der Waals surface area (Å²) in [6.45, 7) is 0.239. The van der Waals surface area contributed by atoms with Gasteiger partial charge < -0.3 is 15.0 Å². The molecule has 6 heteroatoms. The van der Waals surface area contributed by atoms with Crippen LogP contribution in [-0.2, 0) is 17.8 Å². The van der Waals surface area contributed by atoms with Crippen molar-refractivity contribution in [3.8, 4) is 0 Å². The van der Waals surface area contributed by atoms with Gasteiger partial charge in [-0.3, -0.25) is 9.78 Å². The predicted octanol–water partition coefficient (Wildman–Crippen LogP) is 1.93. The highest BCUT2D eigenvalue weighted by Crippen LogP contribution is 2.31. The summed E-state index contributed by atoms with van der Waals surface area (Å²) in [5.41, 5.74) is 2.97. The highest BCUT2D eigenvalue weighted by atomic mass is 16.3. The maximum absolute atomic E-state index is 12.6. The minimum atomic E-state index is -0.241. The van der Waals surface area contributed by atoms with Crippen LogP contribution in [0.15, 0.2) is 55.1 Å². The molecule has 0 saturated heterocycles. The number of aromatic nitrogens is 3. The Balaban J connectivity index is 1.45. The average molecular weight is 350 g/mol. The molecule has 2 heterocycles. The van der Waals surface area contributed by atoms with Crippen molar-refractivity contribution in [1.82, 2.24) is 19.9 Å². The van der Waals surface area contributed by atoms with Crippen molar-refractivity contribution in [1.29, 1.82) is 0 Å². The first-order valence-electron chi connectivity index (χ1n) is 8.95. The summed E-state index contributed by atoms with van der Waals surface area (Å²) in [7, 11) is 0. The number of fused-ring (bicyclic) bond motifs is 1. The number of hydrogen-bond donors (Lipinski definition) is 2. The van der Waals surface area contributed by atoms with Gasteiger partial charge in [-0.1, -0.05) is 12.1 Å². The number of amides is 1. The van der Waals surface area contributed by atoms with Gasteiger partial charge in [-0.25, -0.2) is 4.98 Å². The van der Waals surface area contributed by atoms with Gasteiger partial charge in [0.25, 0.3) is 0 Å². The van der Waals surface area contributed by atoms with E-state index in [2.05, 4.69) is 15.3 Å². The smallest absolute Gasteiger partial charge is 0.240 e. The second-order valence-corrected chi connectivity index (χ2v) is 6.98. The van der Waals surface area contributed by atoms with Crippen molar-refractivity contribution in [2.45, 2.75) is 38.0 Å². The van der Waals surface area contributed by atoms with Crippen molar-refractivity contribution in [3.63, 3.8) is 0 Å². The molecule has 3 aromatic rings. The van der Waals surface area contributed by atoms with E-state index >= 15 is 0 Å². The summed E-state index contributed by atoms with van der Waals surface area (Å²) in [4.78, 5) is 21.0. The molecular weight excluding hydrogens is 328 g/mol. The number of rotatable bonds is 6. The van der Waals surface area contributed by atoms with Crippen LogP contribution in [0.3, 0.4) is 0 Å². The third-order valence-electron chi connectivity index (χ3n) is 5.11. The van der Waals surface area contributed by atoms with E-state index in [1.807, 2.05) is 41.0 Å². The van der Waals surface area contributed by atoms with Crippen LogP contribution < -0.4 is 5.32 Å². The number of carbonyl (C=O) groups is 1. The van der Waals surface area contributed by atoms with Crippen molar-refractivity contribution < 1.29 is 9.90 Å². The van der Waals surface area contributed by atoms with E-state index in [0.29, 0.717) is 5.92 Å². The van der Waals surface area contributed by atoms with Crippen molar-refractivity contribution >= 4 is 16.9 Å². The fraction of sp³-hybridized carbons (Fsp3) is 0.350. The van der Waals surface area contributed by atoms with Crippen molar-refractivity contribution in [2.75, 3.05) is 0 Å². The molecule has 1 saturated carbocycles. The van der Waals surface area contributed by atoms with Crippen LogP contribution in [0.1, 0.15) is 18.4 Å². The Labute approximate surface area is 151 Å². The monoisotopic (exact) mass is 350 g/mol. The Morgan fingerprint density at radius 2 is 2.00 bits per heavy atom. The molecule has 0 bridgehead atoms. The average Bonchev–Trinajstić information content (AvgIpc) is 3.02. The number of nitrogens with one attached hydrogen (secondary N) is 1. The van der Waals surface area contributed by atoms with Crippen LogP contribution in [0.25, 0.3) is 11.0 Å². The number of hydrogen-bond acceptors (Lipinski definition) is 4. The largest absolute Gasteiger partial charge is 0.393 e. The minimum Gasteiger partial charge on any atom is -0.393 e. The van der Waals surface area contributed by atoms with Gasteiger partial charge in [-0.2, -0.15) is 0 Å². The SMILES string of the molecule is O=C(Cn1cnc2ccccc21)NC(Cc1ccncc1)C1CC(O)C1. The Morgan fingerprint density at radius 3 is 2.77 bits per heavy atom. The molecule has 6 nitrogen and oxygen atoms in total. The number of aliphatic hydroxyl groups is 1. The first kappa shape index (κ1) is 16.7. The maximum atomic E-state index is 12.6. The Bertz CT molecular complexity index is 887. The lowest BCUT2D eigenvalue weighted by Gasteiger charge is -2.38. The Morgan fingerprint density at radius 1 is 1.23 bits per heavy atom. The molecule has 2 aromatic heterocycles. The van der Waals surface area contributed by atoms with E-state index in [9.17, 15) is 9.90 Å². The van der Waals surface area contributed by atoms with E-state index in [1.54, 1.807) is 18.7 Å². The third-order valence-corrected chi connectivity index (χ3v) is 5.11. The van der Waals surface area contributed by atoms with Gasteiger partial charge >= 0.3 is 0 Å². The second kappa shape index (κ2) is 7.25. The maximum Gasteiger partial charge on any atom is 0.240 e. The lowest BCUT2D eigenvalue weighted by atomic mass is 9.75. The normalized spacial score (nSPS) is 20.5. The molecular formula is C20H22N4O2. The molecule has 2 N–H and O–H groups in total. The molecule has 134 valence electrons. The Hall–Kier alpha value is -2.73. The third kappa shape index (κ3) is 3.60. The molecule has 1 amide bonds. The molecule has 0 spiro atoms. The van der Waals surface area contributed by atoms with Gasteiger partial charge in [0.05, 0.1) is 23.5 Å². The number of imidazole rings is 1. The number of nitrogens with zero attached hydrogens (tertiary/aromatic N) is 3. The summed E-state index contributed by atoms with van der Waals surface area (Å²) in [6.07, 6.45) is 7.22. The highest BCUT2D eigenvalue weighted by Gasteiger charge is 2.34. The minimum absolute atomic E-state index is 0.0167. The van der Waals surface area contributed by atoms with E-state index in [1.165, 1.54) is 0 Å². The quantitative estimate of drug-likeness (QED) is 0.712. The van der Waals surface area contributed by atoms with Gasteiger partial charge in [0.2, 0.25) is 5.91 Å². The lowest BCUT2D eigenvalue weighted by Crippen LogP contribution is -2.49. The number of pyridine rings is 1. The van der Waals surface area contributed by atoms with E-state index in [-0.39, 0.29) is 24.6 Å². The van der Waals surface area contributed by atoms with Crippen LogP contribution in [0, 0.1) is 5.92 Å². The Kier molecular flexibility index (Phi) is 4.67. The van der Waals surface area contributed by atoms with Gasteiger partial charge in [0.1, 0.15) is 6.54 Å². The summed E-state index contributed by atoms with van der Waals surface area (Å²) in [5.74, 6) is 0.273. The topological polar surface area (TPSA) is 80.0 Å². The standard InChI is InChI=1S/C20H22N4O2/c25-16-10-15(11-16)18(9-14-5-7-21-8-6-14)23-20(26)12-24-13-22-17-3-1-2-4-19(17)24/h1-8,13,15-16,18,25H,9-12H2,(H,23,26). The van der Waals surface area contributed by atoms with Crippen LogP contribution in [0.2, 0.25) is 0 Å². The van der Waals surface area contributed by atoms with Gasteiger partial charge in [0, 0.05) is 18.4 Å². The zero-order valence-electron chi connectivity index (χ0n) is 14.5. The predicted molar refractivity (Wildman–Crippen MR) is 98.3 cm³/mol. The number of carbonyl (C=O) groups excluding carboxylic acids is 1. The molecule has 1 unspecified atom stereocenters. The fourth-order valence-electron chi connectivity index (χ4n) is 3.61. The summed E-state index contributed by atoms with van der Waals surface area (Å²) in [6, 6.07) is 11.7.